The van der Waals surface area contributed by atoms with Gasteiger partial charge in [0.25, 0.3) is 5.91 Å². The van der Waals surface area contributed by atoms with Gasteiger partial charge in [0, 0.05) is 26.3 Å². The molecule has 1 aromatic heterocycles. The van der Waals surface area contributed by atoms with Crippen LogP contribution < -0.4 is 5.32 Å². The number of carbonyl (C=O) groups excluding carboxylic acids is 1. The molecule has 1 rings (SSSR count). The molecule has 17 heavy (non-hydrogen) atoms. The molecule has 0 aliphatic rings. The number of carbonyl (C=O) groups is 1. The standard InChI is InChI=1S/C11H20N4O2/c1-11(17,7-14(2)3)6-12-10(16)9-5-15(4)8-13-9/h5,8,17H,6-7H2,1-4H3,(H,12,16). The van der Waals surface area contributed by atoms with Crippen LogP contribution in [-0.4, -0.2) is 58.3 Å². The third kappa shape index (κ3) is 4.54. The van der Waals surface area contributed by atoms with E-state index in [9.17, 15) is 9.90 Å². The number of rotatable bonds is 5. The van der Waals surface area contributed by atoms with Crippen LogP contribution in [0.25, 0.3) is 0 Å². The minimum atomic E-state index is -0.950. The van der Waals surface area contributed by atoms with Crippen molar-refractivity contribution >= 4 is 5.91 Å². The van der Waals surface area contributed by atoms with E-state index in [4.69, 9.17) is 0 Å². The molecule has 1 atom stereocenters. The highest BCUT2D eigenvalue weighted by Crippen LogP contribution is 2.03. The summed E-state index contributed by atoms with van der Waals surface area (Å²) in [4.78, 5) is 17.5. The minimum absolute atomic E-state index is 0.195. The van der Waals surface area contributed by atoms with Gasteiger partial charge < -0.3 is 19.9 Å². The zero-order valence-corrected chi connectivity index (χ0v) is 10.8. The lowest BCUT2D eigenvalue weighted by molar-refractivity contribution is 0.0325. The van der Waals surface area contributed by atoms with Gasteiger partial charge in [0.05, 0.1) is 11.9 Å². The van der Waals surface area contributed by atoms with E-state index in [1.807, 2.05) is 19.0 Å². The van der Waals surface area contributed by atoms with Crippen LogP contribution in [-0.2, 0) is 7.05 Å². The molecular formula is C11H20N4O2. The maximum absolute atomic E-state index is 11.7. The maximum atomic E-state index is 11.7. The number of nitrogens with zero attached hydrogens (tertiary/aromatic N) is 3. The molecule has 0 saturated carbocycles. The van der Waals surface area contributed by atoms with Crippen molar-refractivity contribution in [2.75, 3.05) is 27.2 Å². The summed E-state index contributed by atoms with van der Waals surface area (Å²) in [6.07, 6.45) is 3.20. The lowest BCUT2D eigenvalue weighted by Gasteiger charge is -2.26. The van der Waals surface area contributed by atoms with Gasteiger partial charge in [-0.25, -0.2) is 4.98 Å². The van der Waals surface area contributed by atoms with Gasteiger partial charge in [0.15, 0.2) is 0 Å². The molecule has 2 N–H and O–H groups in total. The number of nitrogens with one attached hydrogen (secondary N) is 1. The van der Waals surface area contributed by atoms with E-state index in [1.54, 1.807) is 31.1 Å². The van der Waals surface area contributed by atoms with Gasteiger partial charge in [-0.3, -0.25) is 4.79 Å². The van der Waals surface area contributed by atoms with Crippen LogP contribution >= 0.6 is 0 Å². The predicted octanol–water partition coefficient (Wildman–Crippen LogP) is -0.537. The molecule has 1 heterocycles. The van der Waals surface area contributed by atoms with Crippen LogP contribution in [0, 0.1) is 0 Å². The fourth-order valence-electron chi connectivity index (χ4n) is 1.63. The number of aromatic nitrogens is 2. The Hall–Kier alpha value is -1.40. The number of aryl methyl sites for hydroxylation is 1. The summed E-state index contributed by atoms with van der Waals surface area (Å²) < 4.78 is 1.70. The average molecular weight is 240 g/mol. The Morgan fingerprint density at radius 1 is 1.65 bits per heavy atom. The Morgan fingerprint density at radius 2 is 2.29 bits per heavy atom. The van der Waals surface area contributed by atoms with E-state index in [0.717, 1.165) is 0 Å². The average Bonchev–Trinajstić information content (AvgIpc) is 2.59. The molecule has 0 radical (unpaired) electrons. The Morgan fingerprint density at radius 3 is 2.76 bits per heavy atom. The van der Waals surface area contributed by atoms with E-state index in [1.165, 1.54) is 0 Å². The van der Waals surface area contributed by atoms with Crippen molar-refractivity contribution in [1.29, 1.82) is 0 Å². The molecule has 96 valence electrons. The zero-order chi connectivity index (χ0) is 13.1. The van der Waals surface area contributed by atoms with E-state index >= 15 is 0 Å². The zero-order valence-electron chi connectivity index (χ0n) is 10.8. The number of hydrogen-bond acceptors (Lipinski definition) is 4. The Kier molecular flexibility index (Phi) is 4.25. The van der Waals surface area contributed by atoms with E-state index in [2.05, 4.69) is 10.3 Å². The summed E-state index contributed by atoms with van der Waals surface area (Å²) in [6, 6.07) is 0. The van der Waals surface area contributed by atoms with Gasteiger partial charge in [-0.05, 0) is 21.0 Å². The number of likely N-dealkylation sites (N-methyl/N-ethyl adjacent to an activating group) is 1. The topological polar surface area (TPSA) is 70.4 Å². The van der Waals surface area contributed by atoms with Crippen molar-refractivity contribution in [2.45, 2.75) is 12.5 Å². The second kappa shape index (κ2) is 5.29. The summed E-state index contributed by atoms with van der Waals surface area (Å²) in [5.74, 6) is -0.273. The lowest BCUT2D eigenvalue weighted by Crippen LogP contribution is -2.47. The maximum Gasteiger partial charge on any atom is 0.271 e. The van der Waals surface area contributed by atoms with Crippen molar-refractivity contribution in [1.82, 2.24) is 19.8 Å². The minimum Gasteiger partial charge on any atom is -0.387 e. The molecule has 1 amide bonds. The first kappa shape index (κ1) is 13.7. The Bertz CT molecular complexity index is 385. The molecule has 1 aromatic rings. The lowest BCUT2D eigenvalue weighted by atomic mass is 10.1. The van der Waals surface area contributed by atoms with Crippen LogP contribution in [0.2, 0.25) is 0 Å². The van der Waals surface area contributed by atoms with Gasteiger partial charge in [-0.15, -0.1) is 0 Å². The SMILES string of the molecule is CN(C)CC(C)(O)CNC(=O)c1cn(C)cn1. The summed E-state index contributed by atoms with van der Waals surface area (Å²) in [5.41, 5.74) is -0.596. The highest BCUT2D eigenvalue weighted by atomic mass is 16.3. The van der Waals surface area contributed by atoms with E-state index in [-0.39, 0.29) is 12.5 Å². The summed E-state index contributed by atoms with van der Waals surface area (Å²) in [6.45, 7) is 2.36. The fraction of sp³-hybridized carbons (Fsp3) is 0.636. The smallest absolute Gasteiger partial charge is 0.271 e. The largest absolute Gasteiger partial charge is 0.387 e. The first-order chi connectivity index (χ1) is 7.80. The van der Waals surface area contributed by atoms with Crippen molar-refractivity contribution in [3.8, 4) is 0 Å². The summed E-state index contributed by atoms with van der Waals surface area (Å²) >= 11 is 0. The van der Waals surface area contributed by atoms with Gasteiger partial charge in [-0.2, -0.15) is 0 Å². The number of imidazole rings is 1. The van der Waals surface area contributed by atoms with Crippen LogP contribution in [0.3, 0.4) is 0 Å². The fourth-order valence-corrected chi connectivity index (χ4v) is 1.63. The first-order valence-electron chi connectivity index (χ1n) is 5.43. The summed E-state index contributed by atoms with van der Waals surface area (Å²) in [7, 11) is 5.54. The second-order valence-corrected chi connectivity index (χ2v) is 4.84. The number of hydrogen-bond donors (Lipinski definition) is 2. The quantitative estimate of drug-likeness (QED) is 0.725. The summed E-state index contributed by atoms with van der Waals surface area (Å²) in [5, 5.41) is 12.7. The molecule has 0 fully saturated rings. The highest BCUT2D eigenvalue weighted by molar-refractivity contribution is 5.92. The van der Waals surface area contributed by atoms with Crippen LogP contribution in [0.15, 0.2) is 12.5 Å². The van der Waals surface area contributed by atoms with Gasteiger partial charge in [-0.1, -0.05) is 0 Å². The normalized spacial score (nSPS) is 14.7. The van der Waals surface area contributed by atoms with Crippen molar-refractivity contribution in [2.24, 2.45) is 7.05 Å². The first-order valence-corrected chi connectivity index (χ1v) is 5.43. The number of amides is 1. The molecule has 6 heteroatoms. The molecule has 1 unspecified atom stereocenters. The number of aliphatic hydroxyl groups is 1. The molecule has 6 nitrogen and oxygen atoms in total. The third-order valence-electron chi connectivity index (χ3n) is 2.22. The molecular weight excluding hydrogens is 220 g/mol. The molecule has 0 saturated heterocycles. The Balaban J connectivity index is 2.48. The van der Waals surface area contributed by atoms with Gasteiger partial charge >= 0.3 is 0 Å². The van der Waals surface area contributed by atoms with Gasteiger partial charge in [0.2, 0.25) is 0 Å². The van der Waals surface area contributed by atoms with Crippen molar-refractivity contribution in [3.05, 3.63) is 18.2 Å². The predicted molar refractivity (Wildman–Crippen MR) is 64.7 cm³/mol. The van der Waals surface area contributed by atoms with E-state index in [0.29, 0.717) is 12.2 Å². The van der Waals surface area contributed by atoms with Gasteiger partial charge in [0.1, 0.15) is 5.69 Å². The molecule has 0 spiro atoms. The van der Waals surface area contributed by atoms with Crippen LogP contribution in [0.5, 0.6) is 0 Å². The van der Waals surface area contributed by atoms with Crippen molar-refractivity contribution in [3.63, 3.8) is 0 Å². The van der Waals surface area contributed by atoms with E-state index < -0.39 is 5.60 Å². The molecule has 0 aliphatic carbocycles. The molecule has 0 bridgehead atoms. The molecule has 0 aromatic carbocycles. The Labute approximate surface area is 101 Å². The van der Waals surface area contributed by atoms with Crippen LogP contribution in [0.4, 0.5) is 0 Å². The highest BCUT2D eigenvalue weighted by Gasteiger charge is 2.22. The molecule has 0 aliphatic heterocycles. The van der Waals surface area contributed by atoms with Crippen molar-refractivity contribution < 1.29 is 9.90 Å². The van der Waals surface area contributed by atoms with Crippen LogP contribution in [0.1, 0.15) is 17.4 Å². The third-order valence-corrected chi connectivity index (χ3v) is 2.22. The monoisotopic (exact) mass is 240 g/mol. The second-order valence-electron chi connectivity index (χ2n) is 4.84.